The lowest BCUT2D eigenvalue weighted by Gasteiger charge is -2.31. The number of para-hydroxylation sites is 1. The first-order chi connectivity index (χ1) is 14.5. The van der Waals surface area contributed by atoms with Crippen molar-refractivity contribution in [3.63, 3.8) is 0 Å². The normalized spacial score (nSPS) is 12.2. The molecule has 1 N–H and O–H groups in total. The van der Waals surface area contributed by atoms with Gasteiger partial charge in [-0.25, -0.2) is 8.42 Å². The van der Waals surface area contributed by atoms with Crippen molar-refractivity contribution >= 4 is 39.1 Å². The van der Waals surface area contributed by atoms with E-state index in [0.717, 1.165) is 21.7 Å². The highest BCUT2D eigenvalue weighted by atomic mass is 35.5. The van der Waals surface area contributed by atoms with Crippen LogP contribution >= 0.6 is 11.6 Å². The van der Waals surface area contributed by atoms with Gasteiger partial charge in [0.05, 0.1) is 11.9 Å². The average molecular weight is 466 g/mol. The number of likely N-dealkylation sites (N-methyl/N-ethyl adjacent to an activating group) is 1. The summed E-state index contributed by atoms with van der Waals surface area (Å²) in [5, 5.41) is 3.27. The minimum Gasteiger partial charge on any atom is -0.355 e. The van der Waals surface area contributed by atoms with Gasteiger partial charge in [0.25, 0.3) is 0 Å². The van der Waals surface area contributed by atoms with Crippen LogP contribution in [-0.2, 0) is 26.2 Å². The Labute approximate surface area is 189 Å². The Kier molecular flexibility index (Phi) is 8.47. The fourth-order valence-electron chi connectivity index (χ4n) is 3.13. The Bertz CT molecular complexity index is 1030. The summed E-state index contributed by atoms with van der Waals surface area (Å²) in [7, 11) is -3.74. The molecular weight excluding hydrogens is 438 g/mol. The number of amides is 2. The number of hydrogen-bond acceptors (Lipinski definition) is 4. The Hall–Kier alpha value is -2.58. The molecule has 0 bridgehead atoms. The minimum atomic E-state index is -3.74. The number of benzene rings is 2. The third-order valence-electron chi connectivity index (χ3n) is 4.85. The zero-order chi connectivity index (χ0) is 23.2. The van der Waals surface area contributed by atoms with Gasteiger partial charge in [0.1, 0.15) is 12.6 Å². The first-order valence-electron chi connectivity index (χ1n) is 9.89. The van der Waals surface area contributed by atoms with E-state index < -0.39 is 28.5 Å². The summed E-state index contributed by atoms with van der Waals surface area (Å²) in [6, 6.07) is 13.1. The van der Waals surface area contributed by atoms with Crippen LogP contribution in [0, 0.1) is 6.92 Å². The largest absolute Gasteiger partial charge is 0.355 e. The molecule has 0 saturated heterocycles. The Morgan fingerprint density at radius 3 is 2.26 bits per heavy atom. The quantitative estimate of drug-likeness (QED) is 0.616. The number of sulfonamides is 1. The van der Waals surface area contributed by atoms with Gasteiger partial charge in [-0.2, -0.15) is 0 Å². The van der Waals surface area contributed by atoms with E-state index in [4.69, 9.17) is 11.6 Å². The molecule has 0 aliphatic carbocycles. The molecule has 168 valence electrons. The molecule has 0 radical (unpaired) electrons. The molecule has 2 aromatic rings. The van der Waals surface area contributed by atoms with E-state index in [1.54, 1.807) is 69.3 Å². The van der Waals surface area contributed by atoms with Gasteiger partial charge in [-0.1, -0.05) is 41.9 Å². The van der Waals surface area contributed by atoms with E-state index in [1.807, 2.05) is 0 Å². The molecule has 2 amide bonds. The minimum absolute atomic E-state index is 0.139. The molecule has 0 aliphatic heterocycles. The van der Waals surface area contributed by atoms with E-state index >= 15 is 0 Å². The second kappa shape index (κ2) is 10.6. The van der Waals surface area contributed by atoms with Crippen LogP contribution < -0.4 is 9.62 Å². The highest BCUT2D eigenvalue weighted by Crippen LogP contribution is 2.23. The van der Waals surface area contributed by atoms with Crippen LogP contribution in [0.3, 0.4) is 0 Å². The zero-order valence-corrected chi connectivity index (χ0v) is 19.7. The van der Waals surface area contributed by atoms with Gasteiger partial charge in [-0.05, 0) is 50.1 Å². The van der Waals surface area contributed by atoms with E-state index in [0.29, 0.717) is 17.3 Å². The van der Waals surface area contributed by atoms with Crippen LogP contribution in [0.25, 0.3) is 0 Å². The van der Waals surface area contributed by atoms with Crippen LogP contribution in [0.4, 0.5) is 5.69 Å². The average Bonchev–Trinajstić information content (AvgIpc) is 2.71. The standard InChI is InChI=1S/C22H28ClN3O4S/c1-5-24-22(28)17(3)25(14-18-10-12-19(23)13-11-18)21(27)15-26(31(4,29)30)20-9-7-6-8-16(20)2/h6-13,17H,5,14-15H2,1-4H3,(H,24,28)/t17-/m1/s1. The SMILES string of the molecule is CCNC(=O)[C@@H](C)N(Cc1ccc(Cl)cc1)C(=O)CN(c1ccccc1C)S(C)(=O)=O. The molecular formula is C22H28ClN3O4S. The van der Waals surface area contributed by atoms with Crippen molar-refractivity contribution in [3.8, 4) is 0 Å². The van der Waals surface area contributed by atoms with Gasteiger partial charge >= 0.3 is 0 Å². The zero-order valence-electron chi connectivity index (χ0n) is 18.1. The molecule has 0 saturated carbocycles. The second-order valence-electron chi connectivity index (χ2n) is 7.27. The van der Waals surface area contributed by atoms with E-state index in [9.17, 15) is 18.0 Å². The van der Waals surface area contributed by atoms with Gasteiger partial charge in [0, 0.05) is 18.1 Å². The van der Waals surface area contributed by atoms with Gasteiger partial charge in [-0.15, -0.1) is 0 Å². The second-order valence-corrected chi connectivity index (χ2v) is 9.62. The predicted molar refractivity (Wildman–Crippen MR) is 124 cm³/mol. The number of halogens is 1. The molecule has 9 heteroatoms. The van der Waals surface area contributed by atoms with Crippen molar-refractivity contribution in [2.24, 2.45) is 0 Å². The third-order valence-corrected chi connectivity index (χ3v) is 6.23. The maximum Gasteiger partial charge on any atom is 0.244 e. The number of carbonyl (C=O) groups excluding carboxylic acids is 2. The summed E-state index contributed by atoms with van der Waals surface area (Å²) >= 11 is 5.95. The number of aryl methyl sites for hydroxylation is 1. The summed E-state index contributed by atoms with van der Waals surface area (Å²) < 4.78 is 26.1. The summed E-state index contributed by atoms with van der Waals surface area (Å²) in [6.07, 6.45) is 1.06. The number of nitrogens with one attached hydrogen (secondary N) is 1. The van der Waals surface area contributed by atoms with Gasteiger partial charge in [0.15, 0.2) is 0 Å². The van der Waals surface area contributed by atoms with Gasteiger partial charge in [-0.3, -0.25) is 13.9 Å². The topological polar surface area (TPSA) is 86.8 Å². The molecule has 0 heterocycles. The first-order valence-corrected chi connectivity index (χ1v) is 12.1. The molecule has 0 aliphatic rings. The lowest BCUT2D eigenvalue weighted by atomic mass is 10.1. The highest BCUT2D eigenvalue weighted by Gasteiger charge is 2.30. The smallest absolute Gasteiger partial charge is 0.244 e. The lowest BCUT2D eigenvalue weighted by Crippen LogP contribution is -2.51. The van der Waals surface area contributed by atoms with E-state index in [-0.39, 0.29) is 12.5 Å². The van der Waals surface area contributed by atoms with Crippen LogP contribution in [0.2, 0.25) is 5.02 Å². The molecule has 0 spiro atoms. The molecule has 7 nitrogen and oxygen atoms in total. The van der Waals surface area contributed by atoms with Crippen molar-refractivity contribution in [1.82, 2.24) is 10.2 Å². The molecule has 0 fully saturated rings. The summed E-state index contributed by atoms with van der Waals surface area (Å²) in [5.74, 6) is -0.797. The third kappa shape index (κ3) is 6.70. The van der Waals surface area contributed by atoms with Crippen LogP contribution in [0.15, 0.2) is 48.5 Å². The van der Waals surface area contributed by atoms with Gasteiger partial charge < -0.3 is 10.2 Å². The van der Waals surface area contributed by atoms with Gasteiger partial charge in [0.2, 0.25) is 21.8 Å². The molecule has 0 aromatic heterocycles. The Morgan fingerprint density at radius 1 is 1.10 bits per heavy atom. The molecule has 1 atom stereocenters. The summed E-state index contributed by atoms with van der Waals surface area (Å²) in [6.45, 7) is 5.34. The summed E-state index contributed by atoms with van der Waals surface area (Å²) in [5.41, 5.74) is 1.92. The number of carbonyl (C=O) groups is 2. The van der Waals surface area contributed by atoms with Crippen LogP contribution in [0.1, 0.15) is 25.0 Å². The molecule has 31 heavy (non-hydrogen) atoms. The van der Waals surface area contributed by atoms with Crippen LogP contribution in [0.5, 0.6) is 0 Å². The molecule has 2 aromatic carbocycles. The number of rotatable bonds is 9. The highest BCUT2D eigenvalue weighted by molar-refractivity contribution is 7.92. The summed E-state index contributed by atoms with van der Waals surface area (Å²) in [4.78, 5) is 27.2. The number of nitrogens with zero attached hydrogens (tertiary/aromatic N) is 2. The molecule has 0 unspecified atom stereocenters. The predicted octanol–water partition coefficient (Wildman–Crippen LogP) is 2.97. The first kappa shape index (κ1) is 24.7. The maximum atomic E-state index is 13.3. The monoisotopic (exact) mass is 465 g/mol. The fraction of sp³-hybridized carbons (Fsp3) is 0.364. The number of anilines is 1. The van der Waals surface area contributed by atoms with Crippen molar-refractivity contribution in [3.05, 3.63) is 64.7 Å². The van der Waals surface area contributed by atoms with E-state index in [1.165, 1.54) is 4.90 Å². The van der Waals surface area contributed by atoms with Crippen molar-refractivity contribution < 1.29 is 18.0 Å². The lowest BCUT2D eigenvalue weighted by molar-refractivity contribution is -0.139. The Morgan fingerprint density at radius 2 is 1.71 bits per heavy atom. The van der Waals surface area contributed by atoms with Crippen LogP contribution in [-0.4, -0.2) is 50.5 Å². The Balaban J connectivity index is 2.38. The fourth-order valence-corrected chi connectivity index (χ4v) is 4.16. The van der Waals surface area contributed by atoms with Crippen molar-refractivity contribution in [2.45, 2.75) is 33.4 Å². The van der Waals surface area contributed by atoms with Crippen molar-refractivity contribution in [1.29, 1.82) is 0 Å². The van der Waals surface area contributed by atoms with E-state index in [2.05, 4.69) is 5.32 Å². The van der Waals surface area contributed by atoms with Crippen molar-refractivity contribution in [2.75, 3.05) is 23.7 Å². The maximum absolute atomic E-state index is 13.3. The molecule has 2 rings (SSSR count). The number of hydrogen-bond donors (Lipinski definition) is 1.